The molecule has 3 amide bonds. The minimum atomic E-state index is -0.977. The number of carbonyl (C=O) groups excluding carboxylic acids is 3. The third kappa shape index (κ3) is 8.48. The summed E-state index contributed by atoms with van der Waals surface area (Å²) in [5.41, 5.74) is 14.3. The highest BCUT2D eigenvalue weighted by atomic mass is 19.1. The Hall–Kier alpha value is -5.09. The molecule has 0 saturated heterocycles. The van der Waals surface area contributed by atoms with Gasteiger partial charge >= 0.3 is 0 Å². The quantitative estimate of drug-likeness (QED) is 0.175. The molecule has 9 nitrogen and oxygen atoms in total. The highest BCUT2D eigenvalue weighted by Gasteiger charge is 2.30. The Bertz CT molecular complexity index is 1580. The molecule has 0 fully saturated rings. The second-order valence-corrected chi connectivity index (χ2v) is 10.3. The summed E-state index contributed by atoms with van der Waals surface area (Å²) in [6.07, 6.45) is 3.29. The van der Waals surface area contributed by atoms with Crippen LogP contribution >= 0.6 is 0 Å². The highest BCUT2D eigenvalue weighted by molar-refractivity contribution is 5.97. The molecule has 228 valence electrons. The maximum Gasteiger partial charge on any atom is 0.249 e. The molecule has 0 aliphatic rings. The molecule has 0 radical (unpaired) electrons. The summed E-state index contributed by atoms with van der Waals surface area (Å²) in [4.78, 5) is 44.0. The maximum absolute atomic E-state index is 14.3. The van der Waals surface area contributed by atoms with Crippen LogP contribution in [-0.4, -0.2) is 35.4 Å². The van der Waals surface area contributed by atoms with Gasteiger partial charge < -0.3 is 26.8 Å². The van der Waals surface area contributed by atoms with Gasteiger partial charge in [0.05, 0.1) is 12.5 Å². The Balaban J connectivity index is 1.61. The van der Waals surface area contributed by atoms with Gasteiger partial charge in [-0.3, -0.25) is 19.4 Å². The molecule has 4 rings (SSSR count). The van der Waals surface area contributed by atoms with Gasteiger partial charge in [0.1, 0.15) is 17.6 Å². The van der Waals surface area contributed by atoms with Crippen molar-refractivity contribution in [3.8, 4) is 5.75 Å². The van der Waals surface area contributed by atoms with Crippen LogP contribution < -0.4 is 26.8 Å². The third-order valence-corrected chi connectivity index (χ3v) is 7.20. The molecule has 0 aliphatic carbocycles. The third-order valence-electron chi connectivity index (χ3n) is 7.20. The van der Waals surface area contributed by atoms with Gasteiger partial charge in [-0.1, -0.05) is 54.6 Å². The SMILES string of the molecule is CCOc1ccc(C[C@@H](C(=O)N[C@@H](Cc2ccccc2)C(=O)NCc2ccc(CN)c(F)c2)c2cnccc2C(N)=O)cc1. The second kappa shape index (κ2) is 15.4. The molecule has 44 heavy (non-hydrogen) atoms. The first-order valence-electron chi connectivity index (χ1n) is 14.3. The molecule has 1 heterocycles. The van der Waals surface area contributed by atoms with E-state index in [4.69, 9.17) is 16.2 Å². The number of pyridine rings is 1. The van der Waals surface area contributed by atoms with Crippen LogP contribution in [0.3, 0.4) is 0 Å². The van der Waals surface area contributed by atoms with Crippen molar-refractivity contribution in [1.82, 2.24) is 15.6 Å². The Morgan fingerprint density at radius 2 is 1.61 bits per heavy atom. The smallest absolute Gasteiger partial charge is 0.249 e. The first-order chi connectivity index (χ1) is 21.3. The lowest BCUT2D eigenvalue weighted by molar-refractivity contribution is -0.129. The van der Waals surface area contributed by atoms with Crippen molar-refractivity contribution in [2.75, 3.05) is 6.61 Å². The number of benzene rings is 3. The second-order valence-electron chi connectivity index (χ2n) is 10.3. The highest BCUT2D eigenvalue weighted by Crippen LogP contribution is 2.26. The molecular weight excluding hydrogens is 561 g/mol. The molecule has 0 aliphatic heterocycles. The lowest BCUT2D eigenvalue weighted by Crippen LogP contribution is -2.49. The zero-order valence-corrected chi connectivity index (χ0v) is 24.5. The Labute approximate surface area is 255 Å². The maximum atomic E-state index is 14.3. The Kier molecular flexibility index (Phi) is 11.1. The van der Waals surface area contributed by atoms with Crippen LogP contribution in [0.15, 0.2) is 91.3 Å². The van der Waals surface area contributed by atoms with Crippen molar-refractivity contribution >= 4 is 17.7 Å². The fourth-order valence-electron chi connectivity index (χ4n) is 4.89. The predicted octanol–water partition coefficient (Wildman–Crippen LogP) is 3.55. The fourth-order valence-corrected chi connectivity index (χ4v) is 4.89. The van der Waals surface area contributed by atoms with Crippen LogP contribution in [0.4, 0.5) is 4.39 Å². The van der Waals surface area contributed by atoms with E-state index >= 15 is 0 Å². The van der Waals surface area contributed by atoms with Crippen LogP contribution in [0.1, 0.15) is 51.0 Å². The first kappa shape index (κ1) is 31.8. The van der Waals surface area contributed by atoms with E-state index in [2.05, 4.69) is 15.6 Å². The fraction of sp³-hybridized carbons (Fsp3) is 0.235. The number of rotatable bonds is 14. The van der Waals surface area contributed by atoms with E-state index in [1.165, 1.54) is 24.5 Å². The summed E-state index contributed by atoms with van der Waals surface area (Å²) >= 11 is 0. The average Bonchev–Trinajstić information content (AvgIpc) is 3.03. The van der Waals surface area contributed by atoms with Crippen molar-refractivity contribution in [1.29, 1.82) is 0 Å². The standard InChI is InChI=1S/C34H36FN5O4/c1-2-44-26-12-9-23(10-13-26)16-28(29-21-38-15-14-27(29)32(37)41)33(42)40-31(18-22-6-4-3-5-7-22)34(43)39-20-24-8-11-25(19-36)30(35)17-24/h3-15,17,21,28,31H,2,16,18-20,36H2,1H3,(H2,37,41)(H,39,43)(H,40,42)/t28-,31+/m1/s1. The topological polar surface area (TPSA) is 149 Å². The number of nitrogens with two attached hydrogens (primary N) is 2. The van der Waals surface area contributed by atoms with Crippen LogP contribution in [0, 0.1) is 5.82 Å². The van der Waals surface area contributed by atoms with Crippen LogP contribution in [0.5, 0.6) is 5.75 Å². The van der Waals surface area contributed by atoms with Gasteiger partial charge in [0.15, 0.2) is 0 Å². The van der Waals surface area contributed by atoms with Gasteiger partial charge in [-0.15, -0.1) is 0 Å². The summed E-state index contributed by atoms with van der Waals surface area (Å²) in [5.74, 6) is -2.29. The number of nitrogens with zero attached hydrogens (tertiary/aromatic N) is 1. The van der Waals surface area contributed by atoms with E-state index in [0.717, 1.165) is 11.1 Å². The van der Waals surface area contributed by atoms with Gasteiger partial charge in [-0.2, -0.15) is 0 Å². The average molecular weight is 598 g/mol. The number of amides is 3. The van der Waals surface area contributed by atoms with Gasteiger partial charge in [0.2, 0.25) is 17.7 Å². The Morgan fingerprint density at radius 1 is 0.909 bits per heavy atom. The Morgan fingerprint density at radius 3 is 2.27 bits per heavy atom. The summed E-state index contributed by atoms with van der Waals surface area (Å²) in [6.45, 7) is 2.52. The lowest BCUT2D eigenvalue weighted by Gasteiger charge is -2.24. The number of halogens is 1. The predicted molar refractivity (Wildman–Crippen MR) is 165 cm³/mol. The number of carbonyl (C=O) groups is 3. The lowest BCUT2D eigenvalue weighted by atomic mass is 9.88. The number of aromatic nitrogens is 1. The van der Waals surface area contributed by atoms with Crippen LogP contribution in [-0.2, 0) is 35.5 Å². The van der Waals surface area contributed by atoms with E-state index < -0.39 is 35.5 Å². The molecular formula is C34H36FN5O4. The summed E-state index contributed by atoms with van der Waals surface area (Å²) in [6, 6.07) is 21.7. The molecule has 4 aromatic rings. The zero-order chi connectivity index (χ0) is 31.5. The number of ether oxygens (including phenoxy) is 1. The summed E-state index contributed by atoms with van der Waals surface area (Å²) < 4.78 is 19.8. The molecule has 1 aromatic heterocycles. The van der Waals surface area contributed by atoms with Crippen molar-refractivity contribution in [3.05, 3.63) is 130 Å². The van der Waals surface area contributed by atoms with Crippen molar-refractivity contribution in [3.63, 3.8) is 0 Å². The number of hydrogen-bond acceptors (Lipinski definition) is 6. The molecule has 3 aromatic carbocycles. The summed E-state index contributed by atoms with van der Waals surface area (Å²) in [7, 11) is 0. The molecule has 10 heteroatoms. The molecule has 6 N–H and O–H groups in total. The number of primary amides is 1. The number of hydrogen-bond donors (Lipinski definition) is 4. The van der Waals surface area contributed by atoms with E-state index in [9.17, 15) is 18.8 Å². The van der Waals surface area contributed by atoms with E-state index in [1.807, 2.05) is 49.4 Å². The van der Waals surface area contributed by atoms with Crippen molar-refractivity contribution in [2.24, 2.45) is 11.5 Å². The minimum absolute atomic E-state index is 0.0474. The minimum Gasteiger partial charge on any atom is -0.494 e. The van der Waals surface area contributed by atoms with Gasteiger partial charge in [-0.25, -0.2) is 4.39 Å². The van der Waals surface area contributed by atoms with Gasteiger partial charge in [-0.05, 0) is 59.9 Å². The van der Waals surface area contributed by atoms with E-state index in [0.29, 0.717) is 29.0 Å². The van der Waals surface area contributed by atoms with Crippen LogP contribution in [0.2, 0.25) is 0 Å². The summed E-state index contributed by atoms with van der Waals surface area (Å²) in [5, 5.41) is 5.72. The van der Waals surface area contributed by atoms with Crippen molar-refractivity contribution < 1.29 is 23.5 Å². The largest absolute Gasteiger partial charge is 0.494 e. The van der Waals surface area contributed by atoms with Gasteiger partial charge in [0, 0.05) is 43.0 Å². The number of nitrogens with one attached hydrogen (secondary N) is 2. The molecule has 0 saturated carbocycles. The van der Waals surface area contributed by atoms with Gasteiger partial charge in [0.25, 0.3) is 0 Å². The monoisotopic (exact) mass is 597 g/mol. The normalized spacial score (nSPS) is 12.2. The van der Waals surface area contributed by atoms with E-state index in [1.54, 1.807) is 24.3 Å². The molecule has 2 atom stereocenters. The van der Waals surface area contributed by atoms with Crippen LogP contribution in [0.25, 0.3) is 0 Å². The van der Waals surface area contributed by atoms with Crippen molar-refractivity contribution in [2.45, 2.75) is 44.8 Å². The zero-order valence-electron chi connectivity index (χ0n) is 24.5. The molecule has 0 bridgehead atoms. The first-order valence-corrected chi connectivity index (χ1v) is 14.3. The van der Waals surface area contributed by atoms with E-state index in [-0.39, 0.29) is 31.5 Å². The molecule has 0 spiro atoms. The molecule has 0 unspecified atom stereocenters.